The summed E-state index contributed by atoms with van der Waals surface area (Å²) in [5.41, 5.74) is 7.12. The van der Waals surface area contributed by atoms with Crippen LogP contribution in [0.1, 0.15) is 41.7 Å². The van der Waals surface area contributed by atoms with Gasteiger partial charge in [0.1, 0.15) is 0 Å². The first-order valence-electron chi connectivity index (χ1n) is 5.12. The Labute approximate surface area is 82.0 Å². The van der Waals surface area contributed by atoms with Crippen LogP contribution in [0.4, 0.5) is 0 Å². The second kappa shape index (κ2) is 3.95. The molecule has 1 aromatic carbocycles. The lowest BCUT2D eigenvalue weighted by Gasteiger charge is -2.14. The van der Waals surface area contributed by atoms with Crippen molar-refractivity contribution in [3.63, 3.8) is 0 Å². The summed E-state index contributed by atoms with van der Waals surface area (Å²) in [6.07, 6.45) is 2.25. The fourth-order valence-corrected chi connectivity index (χ4v) is 2.24. The summed E-state index contributed by atoms with van der Waals surface area (Å²) in [5.74, 6) is 0. The molecule has 0 amide bonds. The zero-order valence-electron chi connectivity index (χ0n) is 9.41. The highest BCUT2D eigenvalue weighted by atomic mass is 14.1. The minimum Gasteiger partial charge on any atom is -0.0613 e. The molecule has 0 saturated carbocycles. The Hall–Kier alpha value is -0.780. The van der Waals surface area contributed by atoms with Gasteiger partial charge < -0.3 is 0 Å². The van der Waals surface area contributed by atoms with Crippen LogP contribution in [-0.2, 0) is 12.8 Å². The van der Waals surface area contributed by atoms with Crippen LogP contribution in [-0.4, -0.2) is 0 Å². The van der Waals surface area contributed by atoms with Crippen LogP contribution in [0.2, 0.25) is 0 Å². The molecule has 0 aliphatic carbocycles. The predicted molar refractivity (Wildman–Crippen MR) is 58.2 cm³/mol. The minimum absolute atomic E-state index is 1.13. The maximum atomic E-state index is 3.45. The first kappa shape index (κ1) is 10.3. The van der Waals surface area contributed by atoms with E-state index < -0.39 is 0 Å². The fraction of sp³-hybridized carbons (Fsp3) is 0.538. The van der Waals surface area contributed by atoms with E-state index in [9.17, 15) is 0 Å². The molecule has 0 aromatic heterocycles. The molecule has 1 aromatic rings. The smallest absolute Gasteiger partial charge is 0.0114 e. The number of rotatable bonds is 2. The highest BCUT2D eigenvalue weighted by Crippen LogP contribution is 2.22. The summed E-state index contributed by atoms with van der Waals surface area (Å²) in [5, 5.41) is 0. The van der Waals surface area contributed by atoms with E-state index in [2.05, 4.69) is 40.7 Å². The van der Waals surface area contributed by atoms with Crippen LogP contribution in [0.25, 0.3) is 0 Å². The van der Waals surface area contributed by atoms with Gasteiger partial charge >= 0.3 is 0 Å². The van der Waals surface area contributed by atoms with E-state index in [1.54, 1.807) is 0 Å². The lowest BCUT2D eigenvalue weighted by atomic mass is 9.91. The Morgan fingerprint density at radius 3 is 1.54 bits per heavy atom. The van der Waals surface area contributed by atoms with Crippen LogP contribution in [0.15, 0.2) is 0 Å². The Bertz CT molecular complexity index is 280. The van der Waals surface area contributed by atoms with Crippen LogP contribution < -0.4 is 0 Å². The lowest BCUT2D eigenvalue weighted by Crippen LogP contribution is -2.00. The summed E-state index contributed by atoms with van der Waals surface area (Å²) in [7, 11) is 0. The molecule has 0 aliphatic heterocycles. The average molecular weight is 175 g/mol. The third kappa shape index (κ3) is 1.77. The molecule has 0 N–H and O–H groups in total. The zero-order valence-corrected chi connectivity index (χ0v) is 9.41. The summed E-state index contributed by atoms with van der Waals surface area (Å²) >= 11 is 0. The van der Waals surface area contributed by atoms with Crippen molar-refractivity contribution in [2.45, 2.75) is 47.5 Å². The van der Waals surface area contributed by atoms with E-state index in [4.69, 9.17) is 0 Å². The Morgan fingerprint density at radius 1 is 0.846 bits per heavy atom. The van der Waals surface area contributed by atoms with Crippen molar-refractivity contribution >= 4 is 0 Å². The summed E-state index contributed by atoms with van der Waals surface area (Å²) in [4.78, 5) is 0. The molecule has 1 radical (unpaired) electrons. The van der Waals surface area contributed by atoms with E-state index in [0.717, 1.165) is 12.8 Å². The van der Waals surface area contributed by atoms with Crippen LogP contribution in [0.3, 0.4) is 0 Å². The molecule has 0 bridgehead atoms. The molecule has 13 heavy (non-hydrogen) atoms. The second-order valence-corrected chi connectivity index (χ2v) is 3.66. The molecule has 0 heteroatoms. The SMILES string of the molecule is CCc1c(C)[c]c(C)c(CC)c1C. The van der Waals surface area contributed by atoms with Gasteiger partial charge in [-0.1, -0.05) is 13.8 Å². The third-order valence-corrected chi connectivity index (χ3v) is 2.89. The first-order valence-corrected chi connectivity index (χ1v) is 5.12. The highest BCUT2D eigenvalue weighted by molar-refractivity contribution is 5.43. The molecule has 0 unspecified atom stereocenters. The van der Waals surface area contributed by atoms with Gasteiger partial charge in [0, 0.05) is 0 Å². The molecule has 0 fully saturated rings. The van der Waals surface area contributed by atoms with E-state index in [-0.39, 0.29) is 0 Å². The van der Waals surface area contributed by atoms with E-state index in [1.165, 1.54) is 27.8 Å². The Kier molecular flexibility index (Phi) is 3.13. The monoisotopic (exact) mass is 175 g/mol. The topological polar surface area (TPSA) is 0 Å². The van der Waals surface area contributed by atoms with E-state index in [0.29, 0.717) is 0 Å². The van der Waals surface area contributed by atoms with Gasteiger partial charge in [-0.25, -0.2) is 0 Å². The minimum atomic E-state index is 1.13. The molecule has 0 saturated heterocycles. The maximum absolute atomic E-state index is 3.45. The van der Waals surface area contributed by atoms with Gasteiger partial charge in [0.05, 0.1) is 0 Å². The average Bonchev–Trinajstić information content (AvgIpc) is 2.04. The third-order valence-electron chi connectivity index (χ3n) is 2.89. The van der Waals surface area contributed by atoms with Crippen molar-refractivity contribution < 1.29 is 0 Å². The number of aryl methyl sites for hydroxylation is 2. The van der Waals surface area contributed by atoms with Crippen LogP contribution in [0, 0.1) is 26.8 Å². The van der Waals surface area contributed by atoms with Crippen molar-refractivity contribution in [1.82, 2.24) is 0 Å². The normalized spacial score (nSPS) is 10.5. The number of hydrogen-bond acceptors (Lipinski definition) is 0. The van der Waals surface area contributed by atoms with Gasteiger partial charge in [0.15, 0.2) is 0 Å². The highest BCUT2D eigenvalue weighted by Gasteiger charge is 2.07. The lowest BCUT2D eigenvalue weighted by molar-refractivity contribution is 1.01. The van der Waals surface area contributed by atoms with Crippen molar-refractivity contribution in [2.24, 2.45) is 0 Å². The Morgan fingerprint density at radius 2 is 1.23 bits per heavy atom. The van der Waals surface area contributed by atoms with E-state index >= 15 is 0 Å². The molecule has 71 valence electrons. The van der Waals surface area contributed by atoms with Gasteiger partial charge in [0.25, 0.3) is 0 Å². The van der Waals surface area contributed by atoms with Crippen molar-refractivity contribution in [3.05, 3.63) is 33.9 Å². The largest absolute Gasteiger partial charge is 0.0613 e. The fourth-order valence-electron chi connectivity index (χ4n) is 2.24. The molecule has 0 spiro atoms. The molecule has 0 heterocycles. The van der Waals surface area contributed by atoms with Gasteiger partial charge in [-0.2, -0.15) is 0 Å². The number of benzene rings is 1. The summed E-state index contributed by atoms with van der Waals surface area (Å²) in [6, 6.07) is 3.45. The summed E-state index contributed by atoms with van der Waals surface area (Å²) < 4.78 is 0. The molecule has 0 atom stereocenters. The number of hydrogen-bond donors (Lipinski definition) is 0. The first-order chi connectivity index (χ1) is 6.11. The molecular weight excluding hydrogens is 156 g/mol. The van der Waals surface area contributed by atoms with Gasteiger partial charge in [0.2, 0.25) is 0 Å². The summed E-state index contributed by atoms with van der Waals surface area (Å²) in [6.45, 7) is 11.0. The molecule has 0 aliphatic rings. The quantitative estimate of drug-likeness (QED) is 0.645. The van der Waals surface area contributed by atoms with Gasteiger partial charge in [-0.15, -0.1) is 0 Å². The van der Waals surface area contributed by atoms with Crippen molar-refractivity contribution in [2.75, 3.05) is 0 Å². The van der Waals surface area contributed by atoms with Crippen molar-refractivity contribution in [1.29, 1.82) is 0 Å². The van der Waals surface area contributed by atoms with Gasteiger partial charge in [-0.3, -0.25) is 0 Å². The van der Waals surface area contributed by atoms with Crippen LogP contribution in [0.5, 0.6) is 0 Å². The Balaban J connectivity index is 3.39. The molecular formula is C13H19. The van der Waals surface area contributed by atoms with Gasteiger partial charge in [-0.05, 0) is 67.5 Å². The molecule has 1 rings (SSSR count). The zero-order chi connectivity index (χ0) is 10.0. The predicted octanol–water partition coefficient (Wildman–Crippen LogP) is 3.54. The van der Waals surface area contributed by atoms with Crippen LogP contribution >= 0.6 is 0 Å². The maximum Gasteiger partial charge on any atom is -0.0114 e. The second-order valence-electron chi connectivity index (χ2n) is 3.66. The van der Waals surface area contributed by atoms with Crippen molar-refractivity contribution in [3.8, 4) is 0 Å². The van der Waals surface area contributed by atoms with E-state index in [1.807, 2.05) is 0 Å². The standard InChI is InChI=1S/C13H19/c1-6-12-9(3)8-10(4)13(7-2)11(12)5/h6-7H2,1-5H3. The molecule has 0 nitrogen and oxygen atoms in total.